The summed E-state index contributed by atoms with van der Waals surface area (Å²) in [4.78, 5) is 27.8. The molecule has 3 aromatic rings. The molecule has 1 fully saturated rings. The molecule has 158 valence electrons. The van der Waals surface area contributed by atoms with Crippen LogP contribution in [0.4, 0.5) is 5.69 Å². The smallest absolute Gasteiger partial charge is 0.300 e. The molecule has 0 aliphatic carbocycles. The molecule has 3 N–H and O–H groups in total. The van der Waals surface area contributed by atoms with Gasteiger partial charge in [0.15, 0.2) is 0 Å². The third-order valence-electron chi connectivity index (χ3n) is 4.82. The van der Waals surface area contributed by atoms with Crippen LogP contribution in [0.2, 0.25) is 0 Å². The molecule has 31 heavy (non-hydrogen) atoms. The SMILES string of the molecule is NS(=O)(=O)c1ccc(N2C(=O)C(=O)/C(=C(\O)c3ccc(Br)cc3)C2c2cccs2)cc1. The first-order valence-electron chi connectivity index (χ1n) is 8.91. The number of hydrogen-bond donors (Lipinski definition) is 2. The van der Waals surface area contributed by atoms with Crippen LogP contribution in [0.15, 0.2) is 81.0 Å². The van der Waals surface area contributed by atoms with E-state index in [1.165, 1.54) is 40.5 Å². The molecule has 0 radical (unpaired) electrons. The number of nitrogens with zero attached hydrogens (tertiary/aromatic N) is 1. The Bertz CT molecular complexity index is 1300. The number of nitrogens with two attached hydrogens (primary N) is 1. The number of rotatable bonds is 4. The normalized spacial score (nSPS) is 18.5. The summed E-state index contributed by atoms with van der Waals surface area (Å²) in [7, 11) is -3.91. The molecule has 2 heterocycles. The Hall–Kier alpha value is -2.79. The summed E-state index contributed by atoms with van der Waals surface area (Å²) in [6.45, 7) is 0. The van der Waals surface area contributed by atoms with E-state index in [2.05, 4.69) is 15.9 Å². The molecule has 1 aliphatic rings. The number of aliphatic hydroxyl groups excluding tert-OH is 1. The summed E-state index contributed by atoms with van der Waals surface area (Å²) in [6.07, 6.45) is 0. The Labute approximate surface area is 190 Å². The van der Waals surface area contributed by atoms with Crippen LogP contribution < -0.4 is 10.0 Å². The van der Waals surface area contributed by atoms with Crippen LogP contribution in [-0.2, 0) is 19.6 Å². The number of hydrogen-bond acceptors (Lipinski definition) is 6. The van der Waals surface area contributed by atoms with Gasteiger partial charge in [-0.05, 0) is 47.8 Å². The lowest BCUT2D eigenvalue weighted by Crippen LogP contribution is -2.29. The standard InChI is InChI=1S/C21H15BrN2O5S2/c22-13-5-3-12(4-6-13)19(25)17-18(16-2-1-11-30-16)24(21(27)20(17)26)14-7-9-15(10-8-14)31(23,28)29/h1-11,18,25H,(H2,23,28,29)/b19-17-. The minimum Gasteiger partial charge on any atom is -0.507 e. The van der Waals surface area contributed by atoms with Crippen LogP contribution in [0.25, 0.3) is 5.76 Å². The molecule has 1 aromatic heterocycles. The maximum absolute atomic E-state index is 13.0. The van der Waals surface area contributed by atoms with Gasteiger partial charge in [-0.15, -0.1) is 11.3 Å². The maximum atomic E-state index is 13.0. The van der Waals surface area contributed by atoms with E-state index in [1.54, 1.807) is 41.8 Å². The number of ketones is 1. The second-order valence-electron chi connectivity index (χ2n) is 6.73. The van der Waals surface area contributed by atoms with Gasteiger partial charge in [0.2, 0.25) is 10.0 Å². The summed E-state index contributed by atoms with van der Waals surface area (Å²) in [5.41, 5.74) is 0.667. The lowest BCUT2D eigenvalue weighted by atomic mass is 10.00. The van der Waals surface area contributed by atoms with Crippen LogP contribution in [0.3, 0.4) is 0 Å². The van der Waals surface area contributed by atoms with Gasteiger partial charge in [-0.1, -0.05) is 34.1 Å². The van der Waals surface area contributed by atoms with Crippen molar-refractivity contribution >= 4 is 60.4 Å². The van der Waals surface area contributed by atoms with Crippen LogP contribution >= 0.6 is 27.3 Å². The highest BCUT2D eigenvalue weighted by Gasteiger charge is 2.47. The minimum atomic E-state index is -3.91. The lowest BCUT2D eigenvalue weighted by molar-refractivity contribution is -0.132. The van der Waals surface area contributed by atoms with Gasteiger partial charge in [0.05, 0.1) is 10.5 Å². The number of carbonyl (C=O) groups excluding carboxylic acids is 2. The van der Waals surface area contributed by atoms with Crippen molar-refractivity contribution in [2.45, 2.75) is 10.9 Å². The zero-order valence-electron chi connectivity index (χ0n) is 15.7. The Morgan fingerprint density at radius 3 is 2.23 bits per heavy atom. The molecule has 2 aromatic carbocycles. The van der Waals surface area contributed by atoms with Crippen LogP contribution in [-0.4, -0.2) is 25.2 Å². The van der Waals surface area contributed by atoms with E-state index in [4.69, 9.17) is 5.14 Å². The minimum absolute atomic E-state index is 0.0368. The summed E-state index contributed by atoms with van der Waals surface area (Å²) in [5.74, 6) is -1.93. The molecular formula is C21H15BrN2O5S2. The van der Waals surface area contributed by atoms with Crippen molar-refractivity contribution in [3.63, 3.8) is 0 Å². The topological polar surface area (TPSA) is 118 Å². The number of sulfonamides is 1. The molecule has 1 saturated heterocycles. The third kappa shape index (κ3) is 3.94. The number of primary sulfonamides is 1. The summed E-state index contributed by atoms with van der Waals surface area (Å²) >= 11 is 4.66. The van der Waals surface area contributed by atoms with Crippen LogP contribution in [0.1, 0.15) is 16.5 Å². The van der Waals surface area contributed by atoms with Crippen molar-refractivity contribution in [2.24, 2.45) is 5.14 Å². The van der Waals surface area contributed by atoms with Gasteiger partial charge < -0.3 is 5.11 Å². The molecule has 4 rings (SSSR count). The van der Waals surface area contributed by atoms with E-state index in [0.29, 0.717) is 16.1 Å². The highest BCUT2D eigenvalue weighted by Crippen LogP contribution is 2.43. The fourth-order valence-corrected chi connectivity index (χ4v) is 4.98. The van der Waals surface area contributed by atoms with Gasteiger partial charge in [0, 0.05) is 20.6 Å². The van der Waals surface area contributed by atoms with E-state index < -0.39 is 27.8 Å². The lowest BCUT2D eigenvalue weighted by Gasteiger charge is -2.24. The van der Waals surface area contributed by atoms with E-state index in [-0.39, 0.29) is 16.2 Å². The van der Waals surface area contributed by atoms with Crippen molar-refractivity contribution in [1.82, 2.24) is 0 Å². The van der Waals surface area contributed by atoms with Crippen LogP contribution in [0, 0.1) is 0 Å². The van der Waals surface area contributed by atoms with E-state index in [0.717, 1.165) is 4.47 Å². The summed E-state index contributed by atoms with van der Waals surface area (Å²) in [5, 5.41) is 17.9. The Morgan fingerprint density at radius 2 is 1.68 bits per heavy atom. The molecule has 1 aliphatic heterocycles. The Morgan fingerprint density at radius 1 is 1.03 bits per heavy atom. The molecule has 10 heteroatoms. The predicted octanol–water partition coefficient (Wildman–Crippen LogP) is 3.78. The van der Waals surface area contributed by atoms with Crippen LogP contribution in [0.5, 0.6) is 0 Å². The van der Waals surface area contributed by atoms with Crippen molar-refractivity contribution in [1.29, 1.82) is 0 Å². The van der Waals surface area contributed by atoms with Crippen molar-refractivity contribution < 1.29 is 23.1 Å². The predicted molar refractivity (Wildman–Crippen MR) is 121 cm³/mol. The number of amides is 1. The molecule has 1 amide bonds. The highest BCUT2D eigenvalue weighted by molar-refractivity contribution is 9.10. The molecule has 0 bridgehead atoms. The van der Waals surface area contributed by atoms with Gasteiger partial charge in [-0.2, -0.15) is 0 Å². The molecule has 7 nitrogen and oxygen atoms in total. The average molecular weight is 519 g/mol. The van der Waals surface area contributed by atoms with Gasteiger partial charge in [-0.3, -0.25) is 14.5 Å². The summed E-state index contributed by atoms with van der Waals surface area (Å²) < 4.78 is 23.9. The first-order valence-corrected chi connectivity index (χ1v) is 12.1. The molecule has 0 spiro atoms. The van der Waals surface area contributed by atoms with Gasteiger partial charge >= 0.3 is 0 Å². The van der Waals surface area contributed by atoms with Gasteiger partial charge in [-0.25, -0.2) is 13.6 Å². The third-order valence-corrected chi connectivity index (χ3v) is 7.20. The molecule has 1 unspecified atom stereocenters. The molecule has 1 atom stereocenters. The fourth-order valence-electron chi connectivity index (χ4n) is 3.37. The number of Topliss-reactive ketones (excluding diaryl/α,β-unsaturated/α-hetero) is 1. The average Bonchev–Trinajstić information content (AvgIpc) is 3.35. The highest BCUT2D eigenvalue weighted by atomic mass is 79.9. The van der Waals surface area contributed by atoms with Crippen molar-refractivity contribution in [2.75, 3.05) is 4.90 Å². The number of benzene rings is 2. The first-order chi connectivity index (χ1) is 14.7. The van der Waals surface area contributed by atoms with Gasteiger partial charge in [0.1, 0.15) is 11.8 Å². The van der Waals surface area contributed by atoms with E-state index >= 15 is 0 Å². The number of anilines is 1. The van der Waals surface area contributed by atoms with Gasteiger partial charge in [0.25, 0.3) is 11.7 Å². The Kier molecular flexibility index (Phi) is 5.56. The number of carbonyl (C=O) groups is 2. The van der Waals surface area contributed by atoms with Crippen molar-refractivity contribution in [3.05, 3.63) is 86.5 Å². The quantitative estimate of drug-likeness (QED) is 0.309. The zero-order valence-corrected chi connectivity index (χ0v) is 18.9. The summed E-state index contributed by atoms with van der Waals surface area (Å²) in [6, 6.07) is 14.8. The fraction of sp³-hybridized carbons (Fsp3) is 0.0476. The zero-order chi connectivity index (χ0) is 22.3. The van der Waals surface area contributed by atoms with E-state index in [1.807, 2.05) is 0 Å². The van der Waals surface area contributed by atoms with Crippen molar-refractivity contribution in [3.8, 4) is 0 Å². The number of halogens is 1. The van der Waals surface area contributed by atoms with E-state index in [9.17, 15) is 23.1 Å². The first kappa shape index (κ1) is 21.4. The molecular weight excluding hydrogens is 504 g/mol. The monoisotopic (exact) mass is 518 g/mol. The number of aliphatic hydroxyl groups is 1. The number of thiophene rings is 1. The Balaban J connectivity index is 1.88. The largest absolute Gasteiger partial charge is 0.507 e. The maximum Gasteiger partial charge on any atom is 0.300 e. The second-order valence-corrected chi connectivity index (χ2v) is 10.2. The second kappa shape index (κ2) is 8.04. The molecule has 0 saturated carbocycles.